The Kier molecular flexibility index (Phi) is 5.06. The second-order valence-corrected chi connectivity index (χ2v) is 7.07. The second kappa shape index (κ2) is 7.80. The number of fused-ring (bicyclic) bond motifs is 1. The third-order valence-electron chi connectivity index (χ3n) is 5.17. The summed E-state index contributed by atoms with van der Waals surface area (Å²) >= 11 is 0. The van der Waals surface area contributed by atoms with Gasteiger partial charge in [-0.2, -0.15) is 0 Å². The summed E-state index contributed by atoms with van der Waals surface area (Å²) in [6, 6.07) is 9.41. The lowest BCUT2D eigenvalue weighted by Crippen LogP contribution is -2.30. The second-order valence-electron chi connectivity index (χ2n) is 7.07. The molecular formula is C21H23N5O2. The highest BCUT2D eigenvalue weighted by Crippen LogP contribution is 2.18. The van der Waals surface area contributed by atoms with Crippen LogP contribution in [0.2, 0.25) is 0 Å². The van der Waals surface area contributed by atoms with E-state index < -0.39 is 0 Å². The Morgan fingerprint density at radius 1 is 1.11 bits per heavy atom. The summed E-state index contributed by atoms with van der Waals surface area (Å²) in [5.74, 6) is 0.0128. The van der Waals surface area contributed by atoms with Crippen molar-refractivity contribution in [3.63, 3.8) is 0 Å². The summed E-state index contributed by atoms with van der Waals surface area (Å²) in [5.41, 5.74) is 2.10. The first-order chi connectivity index (χ1) is 13.6. The number of carbonyl (C=O) groups is 2. The van der Waals surface area contributed by atoms with Gasteiger partial charge in [0.05, 0.1) is 5.52 Å². The number of hydrogen-bond donors (Lipinski definition) is 0. The molecule has 0 spiro atoms. The van der Waals surface area contributed by atoms with Crippen molar-refractivity contribution in [1.29, 1.82) is 0 Å². The number of pyridine rings is 2. The van der Waals surface area contributed by atoms with Crippen LogP contribution in [0.1, 0.15) is 39.5 Å². The van der Waals surface area contributed by atoms with Crippen molar-refractivity contribution >= 4 is 17.3 Å². The lowest BCUT2D eigenvalue weighted by molar-refractivity contribution is 0.0779. The van der Waals surface area contributed by atoms with Crippen LogP contribution in [0.25, 0.3) is 5.52 Å². The van der Waals surface area contributed by atoms with Gasteiger partial charge < -0.3 is 9.80 Å². The van der Waals surface area contributed by atoms with E-state index in [2.05, 4.69) is 9.97 Å². The number of hydrogen-bond acceptors (Lipinski definition) is 4. The van der Waals surface area contributed by atoms with Crippen molar-refractivity contribution in [1.82, 2.24) is 24.2 Å². The molecule has 28 heavy (non-hydrogen) atoms. The number of likely N-dealkylation sites (N-methyl/N-ethyl adjacent to an activating group) is 1. The summed E-state index contributed by atoms with van der Waals surface area (Å²) in [5, 5.41) is 0. The SMILES string of the molecule is CN(CCc1ccncc1)C(=O)c1nc(C(=O)N2CCCC2)n2ccccc12. The molecule has 0 bridgehead atoms. The molecule has 3 aromatic heterocycles. The van der Waals surface area contributed by atoms with Crippen LogP contribution >= 0.6 is 0 Å². The predicted octanol–water partition coefficient (Wildman–Crippen LogP) is 2.28. The van der Waals surface area contributed by atoms with Gasteiger partial charge in [-0.1, -0.05) is 6.07 Å². The van der Waals surface area contributed by atoms with Crippen LogP contribution in [0.5, 0.6) is 0 Å². The minimum absolute atomic E-state index is 0.114. The molecule has 1 saturated heterocycles. The quantitative estimate of drug-likeness (QED) is 0.684. The van der Waals surface area contributed by atoms with Crippen molar-refractivity contribution in [3.8, 4) is 0 Å². The summed E-state index contributed by atoms with van der Waals surface area (Å²) < 4.78 is 1.73. The van der Waals surface area contributed by atoms with E-state index in [0.717, 1.165) is 37.9 Å². The average Bonchev–Trinajstić information content (AvgIpc) is 3.40. The van der Waals surface area contributed by atoms with Gasteiger partial charge in [0.15, 0.2) is 5.69 Å². The van der Waals surface area contributed by atoms with Crippen LogP contribution in [0.15, 0.2) is 48.9 Å². The molecular weight excluding hydrogens is 354 g/mol. The van der Waals surface area contributed by atoms with Crippen molar-refractivity contribution in [3.05, 3.63) is 66.0 Å². The maximum absolute atomic E-state index is 13.0. The Labute approximate surface area is 163 Å². The van der Waals surface area contributed by atoms with E-state index in [-0.39, 0.29) is 11.8 Å². The van der Waals surface area contributed by atoms with Gasteiger partial charge in [0.2, 0.25) is 5.82 Å². The molecule has 4 heterocycles. The third kappa shape index (κ3) is 3.47. The van der Waals surface area contributed by atoms with E-state index in [1.54, 1.807) is 34.9 Å². The van der Waals surface area contributed by atoms with E-state index in [0.29, 0.717) is 23.6 Å². The topological polar surface area (TPSA) is 70.8 Å². The number of nitrogens with zero attached hydrogens (tertiary/aromatic N) is 5. The molecule has 1 aliphatic heterocycles. The molecule has 0 unspecified atom stereocenters. The van der Waals surface area contributed by atoms with Crippen LogP contribution in [0.3, 0.4) is 0 Å². The average molecular weight is 377 g/mol. The summed E-state index contributed by atoms with van der Waals surface area (Å²) in [6.45, 7) is 2.05. The molecule has 0 aliphatic carbocycles. The van der Waals surface area contributed by atoms with Crippen LogP contribution < -0.4 is 0 Å². The van der Waals surface area contributed by atoms with Crippen molar-refractivity contribution in [2.45, 2.75) is 19.3 Å². The molecule has 4 rings (SSSR count). The standard InChI is InChI=1S/C21H23N5O2/c1-24(15-9-16-7-10-22-11-8-16)20(27)18-17-6-2-3-14-26(17)19(23-18)21(28)25-12-4-5-13-25/h2-3,6-8,10-11,14H,4-5,9,12-13,15H2,1H3. The molecule has 144 valence electrons. The molecule has 0 aromatic carbocycles. The van der Waals surface area contributed by atoms with E-state index in [9.17, 15) is 9.59 Å². The highest BCUT2D eigenvalue weighted by atomic mass is 16.2. The maximum Gasteiger partial charge on any atom is 0.290 e. The monoisotopic (exact) mass is 377 g/mol. The third-order valence-corrected chi connectivity index (χ3v) is 5.17. The van der Waals surface area contributed by atoms with E-state index >= 15 is 0 Å². The van der Waals surface area contributed by atoms with Gasteiger partial charge in [-0.15, -0.1) is 0 Å². The molecule has 0 atom stereocenters. The van der Waals surface area contributed by atoms with Crippen LogP contribution in [0, 0.1) is 0 Å². The van der Waals surface area contributed by atoms with E-state index in [4.69, 9.17) is 0 Å². The fourth-order valence-electron chi connectivity index (χ4n) is 3.54. The fraction of sp³-hybridized carbons (Fsp3) is 0.333. The zero-order valence-corrected chi connectivity index (χ0v) is 15.9. The first-order valence-corrected chi connectivity index (χ1v) is 9.56. The Bertz CT molecular complexity index is 992. The van der Waals surface area contributed by atoms with Crippen molar-refractivity contribution in [2.75, 3.05) is 26.7 Å². The zero-order chi connectivity index (χ0) is 19.5. The number of amides is 2. The smallest absolute Gasteiger partial charge is 0.290 e. The molecule has 0 saturated carbocycles. The maximum atomic E-state index is 13.0. The van der Waals surface area contributed by atoms with Gasteiger partial charge in [0.25, 0.3) is 11.8 Å². The summed E-state index contributed by atoms with van der Waals surface area (Å²) in [4.78, 5) is 37.9. The number of carbonyl (C=O) groups excluding carboxylic acids is 2. The molecule has 3 aromatic rings. The van der Waals surface area contributed by atoms with E-state index in [1.165, 1.54) is 0 Å². The van der Waals surface area contributed by atoms with Gasteiger partial charge in [-0.25, -0.2) is 4.98 Å². The lowest BCUT2D eigenvalue weighted by atomic mass is 10.2. The number of rotatable bonds is 5. The summed E-state index contributed by atoms with van der Waals surface area (Å²) in [6.07, 6.45) is 8.04. The van der Waals surface area contributed by atoms with Gasteiger partial charge >= 0.3 is 0 Å². The van der Waals surface area contributed by atoms with Gasteiger partial charge in [-0.3, -0.25) is 19.0 Å². The predicted molar refractivity (Wildman–Crippen MR) is 105 cm³/mol. The largest absolute Gasteiger partial charge is 0.340 e. The Balaban J connectivity index is 1.59. The van der Waals surface area contributed by atoms with Gasteiger partial charge in [0.1, 0.15) is 0 Å². The van der Waals surface area contributed by atoms with Gasteiger partial charge in [-0.05, 0) is 49.1 Å². The minimum Gasteiger partial charge on any atom is -0.340 e. The molecule has 0 radical (unpaired) electrons. The zero-order valence-electron chi connectivity index (χ0n) is 15.9. The Morgan fingerprint density at radius 2 is 1.86 bits per heavy atom. The van der Waals surface area contributed by atoms with Crippen LogP contribution in [0.4, 0.5) is 0 Å². The Hall–Kier alpha value is -3.22. The molecule has 7 heteroatoms. The van der Waals surface area contributed by atoms with Crippen molar-refractivity contribution < 1.29 is 9.59 Å². The highest BCUT2D eigenvalue weighted by molar-refractivity contribution is 6.02. The first kappa shape index (κ1) is 18.2. The number of imidazole rings is 1. The molecule has 1 aliphatic rings. The van der Waals surface area contributed by atoms with E-state index in [1.807, 2.05) is 35.2 Å². The normalized spacial score (nSPS) is 13.8. The lowest BCUT2D eigenvalue weighted by Gasteiger charge is -2.16. The van der Waals surface area contributed by atoms with Gasteiger partial charge in [0, 0.05) is 45.3 Å². The molecule has 7 nitrogen and oxygen atoms in total. The molecule has 1 fully saturated rings. The van der Waals surface area contributed by atoms with Crippen LogP contribution in [-0.4, -0.2) is 62.7 Å². The molecule has 2 amide bonds. The Morgan fingerprint density at radius 3 is 2.61 bits per heavy atom. The highest BCUT2D eigenvalue weighted by Gasteiger charge is 2.27. The fourth-order valence-corrected chi connectivity index (χ4v) is 3.54. The minimum atomic E-state index is -0.182. The number of likely N-dealkylation sites (tertiary alicyclic amines) is 1. The van der Waals surface area contributed by atoms with Crippen LogP contribution in [-0.2, 0) is 6.42 Å². The number of aromatic nitrogens is 3. The molecule has 0 N–H and O–H groups in total. The van der Waals surface area contributed by atoms with Crippen molar-refractivity contribution in [2.24, 2.45) is 0 Å². The summed E-state index contributed by atoms with van der Waals surface area (Å²) in [7, 11) is 1.76. The first-order valence-electron chi connectivity index (χ1n) is 9.56.